The monoisotopic (exact) mass is 364 g/mol. The van der Waals surface area contributed by atoms with E-state index in [9.17, 15) is 4.79 Å². The van der Waals surface area contributed by atoms with Crippen LogP contribution >= 0.6 is 0 Å². The van der Waals surface area contributed by atoms with E-state index in [1.165, 1.54) is 18.4 Å². The van der Waals surface area contributed by atoms with Crippen LogP contribution in [0, 0.1) is 5.92 Å². The lowest BCUT2D eigenvalue weighted by Gasteiger charge is -2.32. The first kappa shape index (κ1) is 18.1. The lowest BCUT2D eigenvalue weighted by Crippen LogP contribution is -2.40. The van der Waals surface area contributed by atoms with Crippen LogP contribution in [-0.2, 0) is 11.2 Å². The van der Waals surface area contributed by atoms with Crippen LogP contribution in [0.15, 0.2) is 54.6 Å². The smallest absolute Gasteiger partial charge is 0.228 e. The number of hydrogen-bond donors (Lipinski definition) is 0. The van der Waals surface area contributed by atoms with E-state index in [1.54, 1.807) is 0 Å². The predicted octanol–water partition coefficient (Wildman–Crippen LogP) is 3.76. The average Bonchev–Trinajstić information content (AvgIpc) is 3.16. The zero-order chi connectivity index (χ0) is 18.5. The van der Waals surface area contributed by atoms with E-state index in [0.29, 0.717) is 12.3 Å². The molecule has 1 saturated heterocycles. The molecule has 1 atom stereocenters. The van der Waals surface area contributed by atoms with Gasteiger partial charge in [0.15, 0.2) is 0 Å². The van der Waals surface area contributed by atoms with Crippen molar-refractivity contribution in [2.75, 3.05) is 37.7 Å². The summed E-state index contributed by atoms with van der Waals surface area (Å²) in [7, 11) is 0. The fraction of sp³-hybridized carbons (Fsp3) is 0.435. The first-order chi connectivity index (χ1) is 13.3. The molecule has 2 aliphatic rings. The van der Waals surface area contributed by atoms with Crippen LogP contribution in [0.2, 0.25) is 0 Å². The molecule has 4 rings (SSSR count). The molecule has 2 aliphatic heterocycles. The highest BCUT2D eigenvalue weighted by atomic mass is 16.5. The highest BCUT2D eigenvalue weighted by Gasteiger charge is 2.25. The molecular weight excluding hydrogens is 336 g/mol. The van der Waals surface area contributed by atoms with Crippen LogP contribution in [0.1, 0.15) is 24.8 Å². The molecule has 4 heteroatoms. The number of nitrogens with zero attached hydrogens (tertiary/aromatic N) is 2. The molecule has 2 aromatic rings. The van der Waals surface area contributed by atoms with Crippen molar-refractivity contribution in [3.05, 3.63) is 60.2 Å². The number of benzene rings is 2. The molecule has 0 aliphatic carbocycles. The van der Waals surface area contributed by atoms with Gasteiger partial charge in [-0.2, -0.15) is 0 Å². The second-order valence-electron chi connectivity index (χ2n) is 7.61. The Morgan fingerprint density at radius 2 is 1.85 bits per heavy atom. The highest BCUT2D eigenvalue weighted by molar-refractivity contribution is 5.95. The van der Waals surface area contributed by atoms with Crippen LogP contribution in [0.3, 0.4) is 0 Å². The second-order valence-corrected chi connectivity index (χ2v) is 7.61. The fourth-order valence-corrected chi connectivity index (χ4v) is 4.21. The number of hydrogen-bond acceptors (Lipinski definition) is 3. The number of likely N-dealkylation sites (tertiary alicyclic amines) is 1. The minimum atomic E-state index is 0.252. The molecule has 0 spiro atoms. The van der Waals surface area contributed by atoms with Crippen molar-refractivity contribution in [3.8, 4) is 5.75 Å². The van der Waals surface area contributed by atoms with Gasteiger partial charge in [0.05, 0.1) is 6.61 Å². The number of amides is 1. The van der Waals surface area contributed by atoms with Gasteiger partial charge < -0.3 is 14.5 Å². The van der Waals surface area contributed by atoms with Gasteiger partial charge in [0.1, 0.15) is 5.75 Å². The maximum absolute atomic E-state index is 12.7. The van der Waals surface area contributed by atoms with Crippen LogP contribution < -0.4 is 9.64 Å². The van der Waals surface area contributed by atoms with Gasteiger partial charge >= 0.3 is 0 Å². The first-order valence-electron chi connectivity index (χ1n) is 10.1. The SMILES string of the molecule is O=C(CCN1CCCC(COc2ccccc2)C1)N1CCc2ccccc21. The summed E-state index contributed by atoms with van der Waals surface area (Å²) >= 11 is 0. The number of para-hydroxylation sites is 2. The number of fused-ring (bicyclic) bond motifs is 1. The van der Waals surface area contributed by atoms with Crippen molar-refractivity contribution in [3.63, 3.8) is 0 Å². The molecule has 0 radical (unpaired) electrons. The maximum Gasteiger partial charge on any atom is 0.228 e. The summed E-state index contributed by atoms with van der Waals surface area (Å²) in [5.74, 6) is 1.74. The minimum absolute atomic E-state index is 0.252. The third-order valence-corrected chi connectivity index (χ3v) is 5.66. The van der Waals surface area contributed by atoms with Crippen molar-refractivity contribution in [2.24, 2.45) is 5.92 Å². The van der Waals surface area contributed by atoms with E-state index in [4.69, 9.17) is 4.74 Å². The quantitative estimate of drug-likeness (QED) is 0.782. The molecule has 4 nitrogen and oxygen atoms in total. The number of carbonyl (C=O) groups excluding carboxylic acids is 1. The zero-order valence-electron chi connectivity index (χ0n) is 15.8. The first-order valence-corrected chi connectivity index (χ1v) is 10.1. The molecule has 1 unspecified atom stereocenters. The topological polar surface area (TPSA) is 32.8 Å². The van der Waals surface area contributed by atoms with Crippen molar-refractivity contribution in [1.29, 1.82) is 0 Å². The van der Waals surface area contributed by atoms with Gasteiger partial charge in [-0.1, -0.05) is 36.4 Å². The van der Waals surface area contributed by atoms with E-state index >= 15 is 0 Å². The molecule has 1 amide bonds. The fourth-order valence-electron chi connectivity index (χ4n) is 4.21. The van der Waals surface area contributed by atoms with Gasteiger partial charge in [-0.15, -0.1) is 0 Å². The van der Waals surface area contributed by atoms with Crippen molar-refractivity contribution in [2.45, 2.75) is 25.7 Å². The summed E-state index contributed by atoms with van der Waals surface area (Å²) in [6.45, 7) is 4.54. The Bertz CT molecular complexity index is 762. The molecule has 0 aromatic heterocycles. The molecular formula is C23H28N2O2. The van der Waals surface area contributed by atoms with E-state index < -0.39 is 0 Å². The molecule has 142 valence electrons. The van der Waals surface area contributed by atoms with Crippen LogP contribution in [0.5, 0.6) is 5.75 Å². The highest BCUT2D eigenvalue weighted by Crippen LogP contribution is 2.28. The van der Waals surface area contributed by atoms with E-state index in [-0.39, 0.29) is 5.91 Å². The number of ether oxygens (including phenoxy) is 1. The van der Waals surface area contributed by atoms with Crippen molar-refractivity contribution >= 4 is 11.6 Å². The Morgan fingerprint density at radius 3 is 2.74 bits per heavy atom. The number of anilines is 1. The summed E-state index contributed by atoms with van der Waals surface area (Å²) in [5, 5.41) is 0. The standard InChI is InChI=1S/C23H28N2O2/c26-23(25-16-12-20-8-4-5-11-22(20)25)13-15-24-14-6-7-19(17-24)18-27-21-9-2-1-3-10-21/h1-5,8-11,19H,6-7,12-18H2. The third-order valence-electron chi connectivity index (χ3n) is 5.66. The van der Waals surface area contributed by atoms with E-state index in [1.807, 2.05) is 41.3 Å². The molecule has 2 heterocycles. The molecule has 0 saturated carbocycles. The molecule has 1 fully saturated rings. The Morgan fingerprint density at radius 1 is 1.04 bits per heavy atom. The lowest BCUT2D eigenvalue weighted by molar-refractivity contribution is -0.118. The summed E-state index contributed by atoms with van der Waals surface area (Å²) in [6.07, 6.45) is 3.96. The summed E-state index contributed by atoms with van der Waals surface area (Å²) in [5.41, 5.74) is 2.40. The molecule has 2 aromatic carbocycles. The van der Waals surface area contributed by atoms with E-state index in [0.717, 1.165) is 50.6 Å². The molecule has 0 N–H and O–H groups in total. The van der Waals surface area contributed by atoms with Gasteiger partial charge in [-0.05, 0) is 49.6 Å². The Balaban J connectivity index is 1.24. The van der Waals surface area contributed by atoms with Gasteiger partial charge in [-0.3, -0.25) is 4.79 Å². The summed E-state index contributed by atoms with van der Waals surface area (Å²) in [4.78, 5) is 17.1. The average molecular weight is 364 g/mol. The molecule has 0 bridgehead atoms. The Kier molecular flexibility index (Phi) is 5.73. The summed E-state index contributed by atoms with van der Waals surface area (Å²) in [6, 6.07) is 18.3. The maximum atomic E-state index is 12.7. The van der Waals surface area contributed by atoms with Crippen molar-refractivity contribution < 1.29 is 9.53 Å². The van der Waals surface area contributed by atoms with Gasteiger partial charge in [0.2, 0.25) is 5.91 Å². The normalized spacial score (nSPS) is 19.7. The largest absolute Gasteiger partial charge is 0.493 e. The van der Waals surface area contributed by atoms with Crippen LogP contribution in [0.4, 0.5) is 5.69 Å². The van der Waals surface area contributed by atoms with Crippen LogP contribution in [0.25, 0.3) is 0 Å². The Labute approximate surface area is 161 Å². The zero-order valence-corrected chi connectivity index (χ0v) is 15.8. The molecule has 27 heavy (non-hydrogen) atoms. The third kappa shape index (κ3) is 4.51. The van der Waals surface area contributed by atoms with Gasteiger partial charge in [-0.25, -0.2) is 0 Å². The van der Waals surface area contributed by atoms with Crippen LogP contribution in [-0.4, -0.2) is 43.6 Å². The number of carbonyl (C=O) groups is 1. The summed E-state index contributed by atoms with van der Waals surface area (Å²) < 4.78 is 5.94. The van der Waals surface area contributed by atoms with Gasteiger partial charge in [0, 0.05) is 37.7 Å². The van der Waals surface area contributed by atoms with Gasteiger partial charge in [0.25, 0.3) is 0 Å². The van der Waals surface area contributed by atoms with Crippen molar-refractivity contribution in [1.82, 2.24) is 4.90 Å². The Hall–Kier alpha value is -2.33. The van der Waals surface area contributed by atoms with E-state index in [2.05, 4.69) is 23.1 Å². The minimum Gasteiger partial charge on any atom is -0.493 e. The number of rotatable bonds is 6. The lowest BCUT2D eigenvalue weighted by atomic mass is 9.99. The number of piperidine rings is 1. The second kappa shape index (κ2) is 8.57. The predicted molar refractivity (Wildman–Crippen MR) is 108 cm³/mol.